The lowest BCUT2D eigenvalue weighted by atomic mass is 9.97. The van der Waals surface area contributed by atoms with Crippen LogP contribution < -0.4 is 0 Å². The van der Waals surface area contributed by atoms with E-state index in [0.29, 0.717) is 16.5 Å². The number of hydrogen-bond acceptors (Lipinski definition) is 3. The summed E-state index contributed by atoms with van der Waals surface area (Å²) in [6.07, 6.45) is 0. The van der Waals surface area contributed by atoms with Gasteiger partial charge in [0.15, 0.2) is 0 Å². The minimum atomic E-state index is -0.565. The van der Waals surface area contributed by atoms with Crippen LogP contribution in [0.2, 0.25) is 0 Å². The number of cyclic esters (lactones) is 2. The standard InChI is InChI=1S/C12H6O3.2C2H6/c13-11-8-5-1-3-7-4-2-6-9(10(7)8)12(14)15-11;2*1-2/h1-6H;2*1-2H3. The Morgan fingerprint density at radius 2 is 1.16 bits per heavy atom. The number of esters is 2. The van der Waals surface area contributed by atoms with E-state index in [1.165, 1.54) is 0 Å². The second kappa shape index (κ2) is 6.69. The van der Waals surface area contributed by atoms with Crippen molar-refractivity contribution in [3.05, 3.63) is 47.5 Å². The maximum absolute atomic E-state index is 11.4. The van der Waals surface area contributed by atoms with Crippen molar-refractivity contribution in [1.29, 1.82) is 0 Å². The highest BCUT2D eigenvalue weighted by Gasteiger charge is 2.26. The molecule has 1 aliphatic rings. The molecule has 0 N–H and O–H groups in total. The highest BCUT2D eigenvalue weighted by Crippen LogP contribution is 2.28. The molecule has 1 aliphatic heterocycles. The predicted octanol–water partition coefficient (Wildman–Crippen LogP) is 4.20. The van der Waals surface area contributed by atoms with Crippen LogP contribution in [0.25, 0.3) is 10.8 Å². The highest BCUT2D eigenvalue weighted by molar-refractivity contribution is 6.20. The summed E-state index contributed by atoms with van der Waals surface area (Å²) in [6.45, 7) is 8.00. The maximum atomic E-state index is 11.4. The Morgan fingerprint density at radius 1 is 0.737 bits per heavy atom. The zero-order chi connectivity index (χ0) is 14.4. The number of ether oxygens (including phenoxy) is 1. The van der Waals surface area contributed by atoms with E-state index >= 15 is 0 Å². The van der Waals surface area contributed by atoms with E-state index in [2.05, 4.69) is 4.74 Å². The van der Waals surface area contributed by atoms with Gasteiger partial charge < -0.3 is 4.74 Å². The number of rotatable bonds is 0. The van der Waals surface area contributed by atoms with Crippen LogP contribution in [0.1, 0.15) is 48.4 Å². The SMILES string of the molecule is CC.CC.O=C1OC(=O)c2cccc3cccc1c23. The molecule has 0 bridgehead atoms. The predicted molar refractivity (Wildman–Crippen MR) is 76.4 cm³/mol. The van der Waals surface area contributed by atoms with E-state index in [9.17, 15) is 9.59 Å². The Labute approximate surface area is 113 Å². The largest absolute Gasteiger partial charge is 0.386 e. The van der Waals surface area contributed by atoms with Crippen LogP contribution in [0, 0.1) is 0 Å². The van der Waals surface area contributed by atoms with Gasteiger partial charge in [0, 0.05) is 5.39 Å². The molecule has 0 spiro atoms. The zero-order valence-corrected chi connectivity index (χ0v) is 11.7. The molecule has 0 amide bonds. The molecule has 100 valence electrons. The van der Waals surface area contributed by atoms with Crippen LogP contribution in [0.4, 0.5) is 0 Å². The zero-order valence-electron chi connectivity index (χ0n) is 11.7. The van der Waals surface area contributed by atoms with Crippen LogP contribution in [0.5, 0.6) is 0 Å². The molecular formula is C16H18O3. The van der Waals surface area contributed by atoms with Gasteiger partial charge in [-0.1, -0.05) is 52.0 Å². The van der Waals surface area contributed by atoms with Gasteiger partial charge in [-0.05, 0) is 17.5 Å². The van der Waals surface area contributed by atoms with Gasteiger partial charge in [0.1, 0.15) is 0 Å². The lowest BCUT2D eigenvalue weighted by Crippen LogP contribution is -2.19. The highest BCUT2D eigenvalue weighted by atomic mass is 16.6. The first-order valence-corrected chi connectivity index (χ1v) is 6.55. The Hall–Kier alpha value is -2.16. The van der Waals surface area contributed by atoms with Crippen molar-refractivity contribution >= 4 is 22.7 Å². The smallest absolute Gasteiger partial charge is 0.346 e. The molecule has 3 heteroatoms. The molecule has 3 rings (SSSR count). The van der Waals surface area contributed by atoms with Gasteiger partial charge in [-0.3, -0.25) is 0 Å². The average Bonchev–Trinajstić information content (AvgIpc) is 2.49. The Balaban J connectivity index is 0.000000415. The van der Waals surface area contributed by atoms with Gasteiger partial charge in [-0.2, -0.15) is 0 Å². The van der Waals surface area contributed by atoms with E-state index in [0.717, 1.165) is 5.39 Å². The van der Waals surface area contributed by atoms with Gasteiger partial charge in [0.2, 0.25) is 0 Å². The summed E-state index contributed by atoms with van der Waals surface area (Å²) in [5.74, 6) is -1.13. The van der Waals surface area contributed by atoms with Crippen molar-refractivity contribution in [3.8, 4) is 0 Å². The van der Waals surface area contributed by atoms with Crippen molar-refractivity contribution in [1.82, 2.24) is 0 Å². The van der Waals surface area contributed by atoms with Gasteiger partial charge in [-0.15, -0.1) is 0 Å². The quantitative estimate of drug-likeness (QED) is 0.525. The number of carbonyl (C=O) groups is 2. The number of carbonyl (C=O) groups excluding carboxylic acids is 2. The van der Waals surface area contributed by atoms with Crippen molar-refractivity contribution in [3.63, 3.8) is 0 Å². The minimum absolute atomic E-state index is 0.461. The van der Waals surface area contributed by atoms with Gasteiger partial charge in [0.05, 0.1) is 11.1 Å². The topological polar surface area (TPSA) is 43.4 Å². The first-order chi connectivity index (χ1) is 9.27. The maximum Gasteiger partial charge on any atom is 0.346 e. The minimum Gasteiger partial charge on any atom is -0.386 e. The molecule has 2 aromatic carbocycles. The molecule has 0 radical (unpaired) electrons. The molecule has 0 saturated carbocycles. The summed E-state index contributed by atoms with van der Waals surface area (Å²) in [7, 11) is 0. The summed E-state index contributed by atoms with van der Waals surface area (Å²) in [5, 5.41) is 1.58. The summed E-state index contributed by atoms with van der Waals surface area (Å²) in [4.78, 5) is 22.9. The lowest BCUT2D eigenvalue weighted by Gasteiger charge is -2.14. The third-order valence-corrected chi connectivity index (χ3v) is 2.53. The first-order valence-electron chi connectivity index (χ1n) is 6.55. The fourth-order valence-corrected chi connectivity index (χ4v) is 1.88. The monoisotopic (exact) mass is 258 g/mol. The third-order valence-electron chi connectivity index (χ3n) is 2.53. The fraction of sp³-hybridized carbons (Fsp3) is 0.250. The third kappa shape index (κ3) is 2.65. The second-order valence-electron chi connectivity index (χ2n) is 3.39. The molecule has 3 nitrogen and oxygen atoms in total. The summed E-state index contributed by atoms with van der Waals surface area (Å²) < 4.78 is 4.63. The lowest BCUT2D eigenvalue weighted by molar-refractivity contribution is 0.0391. The van der Waals surface area contributed by atoms with E-state index in [-0.39, 0.29) is 0 Å². The van der Waals surface area contributed by atoms with Crippen molar-refractivity contribution < 1.29 is 14.3 Å². The molecule has 0 aliphatic carbocycles. The number of benzene rings is 2. The average molecular weight is 258 g/mol. The van der Waals surface area contributed by atoms with Crippen LogP contribution >= 0.6 is 0 Å². The van der Waals surface area contributed by atoms with E-state index in [1.807, 2.05) is 39.8 Å². The van der Waals surface area contributed by atoms with Crippen molar-refractivity contribution in [2.24, 2.45) is 0 Å². The Bertz CT molecular complexity index is 551. The van der Waals surface area contributed by atoms with Gasteiger partial charge in [0.25, 0.3) is 0 Å². The van der Waals surface area contributed by atoms with E-state index < -0.39 is 11.9 Å². The van der Waals surface area contributed by atoms with E-state index in [1.54, 1.807) is 24.3 Å². The van der Waals surface area contributed by atoms with Crippen LogP contribution in [0.3, 0.4) is 0 Å². The number of hydrogen-bond donors (Lipinski definition) is 0. The fourth-order valence-electron chi connectivity index (χ4n) is 1.88. The molecule has 0 unspecified atom stereocenters. The van der Waals surface area contributed by atoms with Crippen molar-refractivity contribution in [2.45, 2.75) is 27.7 Å². The molecule has 19 heavy (non-hydrogen) atoms. The van der Waals surface area contributed by atoms with Crippen LogP contribution in [-0.2, 0) is 4.74 Å². The Kier molecular flexibility index (Phi) is 5.24. The van der Waals surface area contributed by atoms with Crippen molar-refractivity contribution in [2.75, 3.05) is 0 Å². The molecule has 0 atom stereocenters. The second-order valence-corrected chi connectivity index (χ2v) is 3.39. The summed E-state index contributed by atoms with van der Waals surface area (Å²) in [5.41, 5.74) is 0.922. The Morgan fingerprint density at radius 3 is 1.58 bits per heavy atom. The summed E-state index contributed by atoms with van der Waals surface area (Å²) >= 11 is 0. The molecule has 1 heterocycles. The molecule has 0 aromatic heterocycles. The van der Waals surface area contributed by atoms with Gasteiger partial charge >= 0.3 is 11.9 Å². The van der Waals surface area contributed by atoms with Gasteiger partial charge in [-0.25, -0.2) is 9.59 Å². The van der Waals surface area contributed by atoms with Crippen LogP contribution in [0.15, 0.2) is 36.4 Å². The van der Waals surface area contributed by atoms with Crippen LogP contribution in [-0.4, -0.2) is 11.9 Å². The molecule has 0 saturated heterocycles. The van der Waals surface area contributed by atoms with E-state index in [4.69, 9.17) is 0 Å². The molecular weight excluding hydrogens is 240 g/mol. The molecule has 2 aromatic rings. The normalized spacial score (nSPS) is 11.8. The molecule has 0 fully saturated rings. The first kappa shape index (κ1) is 14.9. The summed E-state index contributed by atoms with van der Waals surface area (Å²) in [6, 6.07) is 10.6.